The second kappa shape index (κ2) is 8.87. The highest BCUT2D eigenvalue weighted by Gasteiger charge is 2.16. The molecule has 3 rings (SSSR count). The van der Waals surface area contributed by atoms with Gasteiger partial charge in [0, 0.05) is 24.7 Å². The summed E-state index contributed by atoms with van der Waals surface area (Å²) < 4.78 is 18.5. The highest BCUT2D eigenvalue weighted by atomic mass is 35.5. The van der Waals surface area contributed by atoms with Crippen LogP contribution in [-0.4, -0.2) is 38.9 Å². The number of halogens is 2. The fourth-order valence-corrected chi connectivity index (χ4v) is 3.04. The van der Waals surface area contributed by atoms with Crippen molar-refractivity contribution in [2.45, 2.75) is 6.42 Å². The molecule has 2 aromatic rings. The number of ether oxygens (including phenoxy) is 1. The maximum Gasteiger partial charge on any atom is 0.319 e. The van der Waals surface area contributed by atoms with Gasteiger partial charge in [0.15, 0.2) is 0 Å². The van der Waals surface area contributed by atoms with Crippen LogP contribution in [0.2, 0.25) is 5.02 Å². The Hall–Kier alpha value is -2.31. The van der Waals surface area contributed by atoms with Gasteiger partial charge in [-0.2, -0.15) is 0 Å². The Morgan fingerprint density at radius 3 is 2.77 bits per heavy atom. The molecule has 1 heterocycles. The number of anilines is 2. The van der Waals surface area contributed by atoms with Gasteiger partial charge in [-0.1, -0.05) is 23.7 Å². The standard InChI is InChI=1S/C19H21ClFN3O2/c20-15-4-5-18(24-8-10-26-11-9-24)17(13-15)23-19(25)22-7-6-14-2-1-3-16(21)12-14/h1-5,12-13H,6-11H2,(H2,22,23,25). The summed E-state index contributed by atoms with van der Waals surface area (Å²) in [4.78, 5) is 14.4. The number of rotatable bonds is 5. The molecule has 2 N–H and O–H groups in total. The van der Waals surface area contributed by atoms with Crippen LogP contribution < -0.4 is 15.5 Å². The molecular formula is C19H21ClFN3O2. The van der Waals surface area contributed by atoms with Gasteiger partial charge < -0.3 is 20.3 Å². The van der Waals surface area contributed by atoms with Crippen molar-refractivity contribution in [3.8, 4) is 0 Å². The first-order valence-electron chi connectivity index (χ1n) is 8.53. The normalized spacial score (nSPS) is 14.2. The van der Waals surface area contributed by atoms with Crippen LogP contribution >= 0.6 is 11.6 Å². The molecule has 0 radical (unpaired) electrons. The summed E-state index contributed by atoms with van der Waals surface area (Å²) in [6.45, 7) is 3.24. The highest BCUT2D eigenvalue weighted by Crippen LogP contribution is 2.29. The lowest BCUT2D eigenvalue weighted by atomic mass is 10.1. The molecule has 138 valence electrons. The van der Waals surface area contributed by atoms with Crippen molar-refractivity contribution in [2.24, 2.45) is 0 Å². The molecule has 26 heavy (non-hydrogen) atoms. The smallest absolute Gasteiger partial charge is 0.319 e. The predicted molar refractivity (Wildman–Crippen MR) is 102 cm³/mol. The van der Waals surface area contributed by atoms with Crippen molar-refractivity contribution in [1.82, 2.24) is 5.32 Å². The summed E-state index contributed by atoms with van der Waals surface area (Å²) in [6, 6.07) is 11.5. The van der Waals surface area contributed by atoms with Crippen molar-refractivity contribution in [3.05, 3.63) is 58.9 Å². The molecule has 0 spiro atoms. The third-order valence-electron chi connectivity index (χ3n) is 4.15. The van der Waals surface area contributed by atoms with E-state index in [1.54, 1.807) is 18.2 Å². The fraction of sp³-hybridized carbons (Fsp3) is 0.316. The van der Waals surface area contributed by atoms with Gasteiger partial charge in [-0.3, -0.25) is 0 Å². The molecule has 0 aromatic heterocycles. The Kier molecular flexibility index (Phi) is 6.30. The molecule has 5 nitrogen and oxygen atoms in total. The van der Waals surface area contributed by atoms with Gasteiger partial charge in [-0.15, -0.1) is 0 Å². The number of hydrogen-bond donors (Lipinski definition) is 2. The monoisotopic (exact) mass is 377 g/mol. The first kappa shape index (κ1) is 18.5. The van der Waals surface area contributed by atoms with Crippen LogP contribution in [0.4, 0.5) is 20.6 Å². The molecule has 0 atom stereocenters. The Morgan fingerprint density at radius 1 is 1.19 bits per heavy atom. The Morgan fingerprint density at radius 2 is 2.00 bits per heavy atom. The molecule has 1 aliphatic heterocycles. The SMILES string of the molecule is O=C(NCCc1cccc(F)c1)Nc1cc(Cl)ccc1N1CCOCC1. The van der Waals surface area contributed by atoms with Gasteiger partial charge in [0.1, 0.15) is 5.82 Å². The van der Waals surface area contributed by atoms with E-state index < -0.39 is 0 Å². The quantitative estimate of drug-likeness (QED) is 0.835. The second-order valence-corrected chi connectivity index (χ2v) is 6.46. The van der Waals surface area contributed by atoms with E-state index in [4.69, 9.17) is 16.3 Å². The number of amides is 2. The Balaban J connectivity index is 1.58. The second-order valence-electron chi connectivity index (χ2n) is 6.02. The Labute approximate surface area is 157 Å². The van der Waals surface area contributed by atoms with Crippen LogP contribution in [-0.2, 0) is 11.2 Å². The third kappa shape index (κ3) is 5.09. The number of carbonyl (C=O) groups is 1. The Bertz CT molecular complexity index is 766. The molecule has 0 bridgehead atoms. The van der Waals surface area contributed by atoms with Crippen LogP contribution in [0.25, 0.3) is 0 Å². The zero-order valence-electron chi connectivity index (χ0n) is 14.3. The van der Waals surface area contributed by atoms with Gasteiger partial charge in [0.25, 0.3) is 0 Å². The van der Waals surface area contributed by atoms with E-state index in [9.17, 15) is 9.18 Å². The largest absolute Gasteiger partial charge is 0.378 e. The average Bonchev–Trinajstić information content (AvgIpc) is 2.63. The van der Waals surface area contributed by atoms with Crippen molar-refractivity contribution in [1.29, 1.82) is 0 Å². The lowest BCUT2D eigenvalue weighted by Crippen LogP contribution is -2.37. The van der Waals surface area contributed by atoms with E-state index in [0.717, 1.165) is 24.3 Å². The fourth-order valence-electron chi connectivity index (χ4n) is 2.87. The molecule has 2 amide bonds. The van der Waals surface area contributed by atoms with E-state index in [0.29, 0.717) is 36.9 Å². The van der Waals surface area contributed by atoms with Gasteiger partial charge in [-0.25, -0.2) is 9.18 Å². The van der Waals surface area contributed by atoms with Gasteiger partial charge in [0.2, 0.25) is 0 Å². The summed E-state index contributed by atoms with van der Waals surface area (Å²) in [5.74, 6) is -0.277. The number of benzene rings is 2. The molecule has 2 aromatic carbocycles. The van der Waals surface area contributed by atoms with Crippen LogP contribution in [0.3, 0.4) is 0 Å². The molecule has 0 aliphatic carbocycles. The van der Waals surface area contributed by atoms with E-state index in [-0.39, 0.29) is 11.8 Å². The predicted octanol–water partition coefficient (Wildman–Crippen LogP) is 3.68. The molecule has 1 fully saturated rings. The summed E-state index contributed by atoms with van der Waals surface area (Å²) in [7, 11) is 0. The minimum atomic E-state index is -0.321. The number of hydrogen-bond acceptors (Lipinski definition) is 3. The first-order valence-corrected chi connectivity index (χ1v) is 8.91. The summed E-state index contributed by atoms with van der Waals surface area (Å²) >= 11 is 6.09. The van der Waals surface area contributed by atoms with Crippen LogP contribution in [0, 0.1) is 5.82 Å². The van der Waals surface area contributed by atoms with Crippen molar-refractivity contribution < 1.29 is 13.9 Å². The summed E-state index contributed by atoms with van der Waals surface area (Å²) in [5.41, 5.74) is 2.41. The van der Waals surface area contributed by atoms with E-state index in [1.165, 1.54) is 12.1 Å². The van der Waals surface area contributed by atoms with Crippen molar-refractivity contribution >= 4 is 29.0 Å². The summed E-state index contributed by atoms with van der Waals surface area (Å²) in [5, 5.41) is 6.20. The van der Waals surface area contributed by atoms with E-state index in [2.05, 4.69) is 15.5 Å². The zero-order chi connectivity index (χ0) is 18.4. The van der Waals surface area contributed by atoms with Gasteiger partial charge >= 0.3 is 6.03 Å². The van der Waals surface area contributed by atoms with Crippen LogP contribution in [0.15, 0.2) is 42.5 Å². The number of carbonyl (C=O) groups excluding carboxylic acids is 1. The maximum absolute atomic E-state index is 13.2. The van der Waals surface area contributed by atoms with Crippen LogP contribution in [0.5, 0.6) is 0 Å². The zero-order valence-corrected chi connectivity index (χ0v) is 15.1. The number of urea groups is 1. The lowest BCUT2D eigenvalue weighted by Gasteiger charge is -2.30. The van der Waals surface area contributed by atoms with Gasteiger partial charge in [-0.05, 0) is 42.3 Å². The molecule has 1 aliphatic rings. The number of morpholine rings is 1. The average molecular weight is 378 g/mol. The first-order chi connectivity index (χ1) is 12.6. The molecule has 7 heteroatoms. The molecule has 0 saturated carbocycles. The minimum Gasteiger partial charge on any atom is -0.378 e. The molecule has 0 unspecified atom stereocenters. The number of nitrogens with one attached hydrogen (secondary N) is 2. The van der Waals surface area contributed by atoms with Crippen molar-refractivity contribution in [3.63, 3.8) is 0 Å². The molecule has 1 saturated heterocycles. The lowest BCUT2D eigenvalue weighted by molar-refractivity contribution is 0.123. The number of nitrogens with zero attached hydrogens (tertiary/aromatic N) is 1. The third-order valence-corrected chi connectivity index (χ3v) is 4.38. The summed E-state index contributed by atoms with van der Waals surface area (Å²) in [6.07, 6.45) is 0.553. The maximum atomic E-state index is 13.2. The van der Waals surface area contributed by atoms with E-state index in [1.807, 2.05) is 12.1 Å². The van der Waals surface area contributed by atoms with Crippen molar-refractivity contribution in [2.75, 3.05) is 43.1 Å². The minimum absolute atomic E-state index is 0.277. The van der Waals surface area contributed by atoms with Gasteiger partial charge in [0.05, 0.1) is 24.6 Å². The molecular weight excluding hydrogens is 357 g/mol. The topological polar surface area (TPSA) is 53.6 Å². The van der Waals surface area contributed by atoms with E-state index >= 15 is 0 Å². The highest BCUT2D eigenvalue weighted by molar-refractivity contribution is 6.31. The van der Waals surface area contributed by atoms with Crippen LogP contribution in [0.1, 0.15) is 5.56 Å².